The highest BCUT2D eigenvalue weighted by Gasteiger charge is 2.19. The van der Waals surface area contributed by atoms with Crippen LogP contribution in [0.15, 0.2) is 59.8 Å². The van der Waals surface area contributed by atoms with Gasteiger partial charge in [0.25, 0.3) is 0 Å². The molecule has 2 rings (SSSR count). The number of hydrogen-bond acceptors (Lipinski definition) is 4. The summed E-state index contributed by atoms with van der Waals surface area (Å²) in [7, 11) is -3.60. The first-order chi connectivity index (χ1) is 8.59. The molecule has 0 aliphatic carbocycles. The van der Waals surface area contributed by atoms with Crippen molar-refractivity contribution in [3.8, 4) is 0 Å². The van der Waals surface area contributed by atoms with Crippen LogP contribution in [0, 0.1) is 0 Å². The maximum atomic E-state index is 12.0. The molecule has 0 spiro atoms. The van der Waals surface area contributed by atoms with Crippen LogP contribution in [0.25, 0.3) is 0 Å². The summed E-state index contributed by atoms with van der Waals surface area (Å²) < 4.78 is 23.9. The topological polar surface area (TPSA) is 64.1 Å². The number of nitrogens with zero attached hydrogens (tertiary/aromatic N) is 1. The van der Waals surface area contributed by atoms with Crippen LogP contribution in [0.3, 0.4) is 0 Å². The summed E-state index contributed by atoms with van der Waals surface area (Å²) in [5.74, 6) is -0.937. The number of ketones is 1. The second kappa shape index (κ2) is 5.10. The minimum absolute atomic E-state index is 0.113. The molecule has 0 aliphatic rings. The van der Waals surface area contributed by atoms with E-state index in [2.05, 4.69) is 4.98 Å². The van der Waals surface area contributed by atoms with Crippen molar-refractivity contribution in [1.82, 2.24) is 4.98 Å². The van der Waals surface area contributed by atoms with E-state index in [9.17, 15) is 13.2 Å². The first-order valence-electron chi connectivity index (χ1n) is 5.30. The van der Waals surface area contributed by atoms with Gasteiger partial charge < -0.3 is 0 Å². The number of aromatic nitrogens is 1. The zero-order valence-corrected chi connectivity index (χ0v) is 10.3. The van der Waals surface area contributed by atoms with Gasteiger partial charge in [-0.1, -0.05) is 30.3 Å². The zero-order chi connectivity index (χ0) is 13.0. The highest BCUT2D eigenvalue weighted by Crippen LogP contribution is 2.11. The summed E-state index contributed by atoms with van der Waals surface area (Å²) in [5, 5.41) is 0. The molecular weight excluding hydrogens is 250 g/mol. The predicted molar refractivity (Wildman–Crippen MR) is 67.1 cm³/mol. The Bertz CT molecular complexity index is 636. The van der Waals surface area contributed by atoms with Crippen molar-refractivity contribution in [1.29, 1.82) is 0 Å². The number of benzene rings is 1. The van der Waals surface area contributed by atoms with Crippen molar-refractivity contribution in [3.63, 3.8) is 0 Å². The molecule has 5 heteroatoms. The van der Waals surface area contributed by atoms with Crippen LogP contribution in [0.5, 0.6) is 0 Å². The molecule has 0 fully saturated rings. The first-order valence-corrected chi connectivity index (χ1v) is 6.96. The summed E-state index contributed by atoms with van der Waals surface area (Å²) in [5.41, 5.74) is 0.398. The van der Waals surface area contributed by atoms with E-state index in [4.69, 9.17) is 0 Å². The van der Waals surface area contributed by atoms with E-state index in [1.165, 1.54) is 24.5 Å². The van der Waals surface area contributed by atoms with Crippen LogP contribution in [-0.4, -0.2) is 24.9 Å². The normalized spacial score (nSPS) is 11.1. The largest absolute Gasteiger partial charge is 0.293 e. The van der Waals surface area contributed by atoms with Crippen LogP contribution < -0.4 is 0 Å². The molecule has 0 saturated heterocycles. The van der Waals surface area contributed by atoms with Crippen LogP contribution in [0.1, 0.15) is 10.4 Å². The van der Waals surface area contributed by atoms with Crippen molar-refractivity contribution in [2.75, 3.05) is 5.75 Å². The molecule has 0 N–H and O–H groups in total. The minimum atomic E-state index is -3.60. The van der Waals surface area contributed by atoms with Crippen LogP contribution >= 0.6 is 0 Å². The molecule has 0 aliphatic heterocycles. The average Bonchev–Trinajstić information content (AvgIpc) is 2.40. The fourth-order valence-corrected chi connectivity index (χ4v) is 2.72. The molecule has 92 valence electrons. The maximum Gasteiger partial charge on any atom is 0.185 e. The van der Waals surface area contributed by atoms with Gasteiger partial charge in [0.15, 0.2) is 15.6 Å². The fourth-order valence-electron chi connectivity index (χ4n) is 1.51. The lowest BCUT2D eigenvalue weighted by Gasteiger charge is -2.03. The van der Waals surface area contributed by atoms with Gasteiger partial charge in [0.05, 0.1) is 4.90 Å². The summed E-state index contributed by atoms with van der Waals surface area (Å²) in [4.78, 5) is 15.7. The molecule has 0 bridgehead atoms. The second-order valence-electron chi connectivity index (χ2n) is 3.73. The predicted octanol–water partition coefficient (Wildman–Crippen LogP) is 1.74. The highest BCUT2D eigenvalue weighted by molar-refractivity contribution is 7.92. The smallest absolute Gasteiger partial charge is 0.185 e. The number of carbonyl (C=O) groups is 1. The fraction of sp³-hybridized carbons (Fsp3) is 0.0769. The third-order valence-corrected chi connectivity index (χ3v) is 4.06. The lowest BCUT2D eigenvalue weighted by atomic mass is 10.2. The van der Waals surface area contributed by atoms with Gasteiger partial charge in [0.2, 0.25) is 0 Å². The molecule has 0 atom stereocenters. The Labute approximate surface area is 105 Å². The minimum Gasteiger partial charge on any atom is -0.293 e. The lowest BCUT2D eigenvalue weighted by molar-refractivity contribution is 0.102. The molecule has 0 radical (unpaired) electrons. The Kier molecular flexibility index (Phi) is 3.53. The molecule has 1 aromatic heterocycles. The Balaban J connectivity index is 2.23. The molecule has 0 unspecified atom stereocenters. The van der Waals surface area contributed by atoms with Crippen molar-refractivity contribution in [2.45, 2.75) is 4.90 Å². The molecule has 2 aromatic rings. The van der Waals surface area contributed by atoms with Gasteiger partial charge in [-0.15, -0.1) is 0 Å². The van der Waals surface area contributed by atoms with Gasteiger partial charge in [-0.2, -0.15) is 0 Å². The monoisotopic (exact) mass is 261 g/mol. The number of Topliss-reactive ketones (excluding diaryl/α,β-unsaturated/α-hetero) is 1. The van der Waals surface area contributed by atoms with Crippen LogP contribution in [0.4, 0.5) is 0 Å². The number of pyridine rings is 1. The Hall–Kier alpha value is -2.01. The number of rotatable bonds is 4. The quantitative estimate of drug-likeness (QED) is 0.786. The van der Waals surface area contributed by atoms with Crippen LogP contribution in [-0.2, 0) is 9.84 Å². The summed E-state index contributed by atoms with van der Waals surface area (Å²) >= 11 is 0. The SMILES string of the molecule is O=C(CS(=O)(=O)c1ccncc1)c1ccccc1. The average molecular weight is 261 g/mol. The standard InChI is InChI=1S/C13H11NO3S/c15-13(11-4-2-1-3-5-11)10-18(16,17)12-6-8-14-9-7-12/h1-9H,10H2. The van der Waals surface area contributed by atoms with E-state index in [0.717, 1.165) is 0 Å². The lowest BCUT2D eigenvalue weighted by Crippen LogP contribution is -2.16. The van der Waals surface area contributed by atoms with Crippen molar-refractivity contribution in [2.24, 2.45) is 0 Å². The van der Waals surface area contributed by atoms with Crippen molar-refractivity contribution in [3.05, 3.63) is 60.4 Å². The summed E-state index contributed by atoms with van der Waals surface area (Å²) in [6.07, 6.45) is 2.78. The molecule has 1 heterocycles. The Morgan fingerprint density at radius 2 is 1.61 bits per heavy atom. The number of carbonyl (C=O) groups excluding carboxylic acids is 1. The highest BCUT2D eigenvalue weighted by atomic mass is 32.2. The second-order valence-corrected chi connectivity index (χ2v) is 5.72. The van der Waals surface area contributed by atoms with E-state index in [-0.39, 0.29) is 4.90 Å². The molecule has 0 saturated carbocycles. The maximum absolute atomic E-state index is 12.0. The van der Waals surface area contributed by atoms with Gasteiger partial charge >= 0.3 is 0 Å². The molecule has 4 nitrogen and oxygen atoms in total. The number of hydrogen-bond donors (Lipinski definition) is 0. The third kappa shape index (κ3) is 2.81. The van der Waals surface area contributed by atoms with Gasteiger partial charge in [-0.05, 0) is 12.1 Å². The summed E-state index contributed by atoms with van der Waals surface area (Å²) in [6, 6.07) is 11.1. The van der Waals surface area contributed by atoms with E-state index in [0.29, 0.717) is 5.56 Å². The Morgan fingerprint density at radius 1 is 1.00 bits per heavy atom. The van der Waals surface area contributed by atoms with Crippen molar-refractivity contribution >= 4 is 15.6 Å². The van der Waals surface area contributed by atoms with Gasteiger partial charge in [0.1, 0.15) is 5.75 Å². The van der Waals surface area contributed by atoms with Crippen molar-refractivity contribution < 1.29 is 13.2 Å². The van der Waals surface area contributed by atoms with E-state index in [1.54, 1.807) is 30.3 Å². The van der Waals surface area contributed by atoms with Gasteiger partial charge in [-0.25, -0.2) is 8.42 Å². The van der Waals surface area contributed by atoms with E-state index >= 15 is 0 Å². The van der Waals surface area contributed by atoms with Gasteiger partial charge in [0, 0.05) is 18.0 Å². The van der Waals surface area contributed by atoms with Gasteiger partial charge in [-0.3, -0.25) is 9.78 Å². The van der Waals surface area contributed by atoms with E-state index < -0.39 is 21.4 Å². The van der Waals surface area contributed by atoms with Crippen LogP contribution in [0.2, 0.25) is 0 Å². The first kappa shape index (κ1) is 12.4. The molecule has 18 heavy (non-hydrogen) atoms. The zero-order valence-electron chi connectivity index (χ0n) is 9.48. The molecular formula is C13H11NO3S. The molecule has 0 amide bonds. The number of sulfone groups is 1. The Morgan fingerprint density at radius 3 is 2.22 bits per heavy atom. The summed E-state index contributed by atoms with van der Waals surface area (Å²) in [6.45, 7) is 0. The van der Waals surface area contributed by atoms with E-state index in [1.807, 2.05) is 0 Å². The molecule has 1 aromatic carbocycles. The third-order valence-electron chi connectivity index (χ3n) is 2.43.